The van der Waals surface area contributed by atoms with Gasteiger partial charge in [-0.15, -0.1) is 0 Å². The van der Waals surface area contributed by atoms with E-state index in [9.17, 15) is 0 Å². The molecule has 2 aromatic carbocycles. The number of ether oxygens (including phenoxy) is 2. The summed E-state index contributed by atoms with van der Waals surface area (Å²) in [6, 6.07) is 15.7. The molecule has 0 aliphatic carbocycles. The number of hydrogen-bond donors (Lipinski definition) is 2. The molecule has 0 saturated carbocycles. The number of nitrogens with zero attached hydrogens (tertiary/aromatic N) is 2. The van der Waals surface area contributed by atoms with Crippen LogP contribution in [-0.2, 0) is 0 Å². The van der Waals surface area contributed by atoms with Gasteiger partial charge in [-0.3, -0.25) is 0 Å². The van der Waals surface area contributed by atoms with Gasteiger partial charge in [0.2, 0.25) is 0 Å². The molecule has 1 saturated heterocycles. The molecule has 2 N–H and O–H groups in total. The minimum absolute atomic E-state index is 0.612. The molecule has 6 nitrogen and oxygen atoms in total. The molecule has 160 valence electrons. The molecule has 0 spiro atoms. The fraction of sp³-hybridized carbons (Fsp3) is 0.364. The molecule has 1 aliphatic rings. The Morgan fingerprint density at radius 2 is 1.10 bits per heavy atom. The number of anilines is 2. The van der Waals surface area contributed by atoms with Crippen molar-refractivity contribution >= 4 is 46.0 Å². The fourth-order valence-corrected chi connectivity index (χ4v) is 3.79. The van der Waals surface area contributed by atoms with E-state index in [1.165, 1.54) is 0 Å². The predicted molar refractivity (Wildman–Crippen MR) is 131 cm³/mol. The first kappa shape index (κ1) is 22.1. The largest absolute Gasteiger partial charge is 0.492 e. The summed E-state index contributed by atoms with van der Waals surface area (Å²) < 4.78 is 11.3. The summed E-state index contributed by atoms with van der Waals surface area (Å²) in [7, 11) is 0. The van der Waals surface area contributed by atoms with E-state index in [0.29, 0.717) is 23.4 Å². The van der Waals surface area contributed by atoms with Crippen LogP contribution in [0, 0.1) is 0 Å². The summed E-state index contributed by atoms with van der Waals surface area (Å²) in [5.41, 5.74) is 1.77. The van der Waals surface area contributed by atoms with Crippen molar-refractivity contribution in [2.24, 2.45) is 0 Å². The zero-order valence-electron chi connectivity index (χ0n) is 17.4. The van der Waals surface area contributed by atoms with Gasteiger partial charge in [0.1, 0.15) is 11.5 Å². The molecule has 8 heteroatoms. The van der Waals surface area contributed by atoms with E-state index in [1.54, 1.807) is 0 Å². The standard InChI is InChI=1S/C22H28N4O2S2/c1-3-27-19-11-7-5-9-17(19)23-21(29)25-13-15-26(16-14-25)22(30)24-18-10-6-8-12-20(18)28-4-2/h5-12H,3-4,13-16H2,1-2H3,(H,23,29)(H,24,30). The van der Waals surface area contributed by atoms with Crippen molar-refractivity contribution in [2.75, 3.05) is 50.0 Å². The van der Waals surface area contributed by atoms with Crippen molar-refractivity contribution in [3.63, 3.8) is 0 Å². The van der Waals surface area contributed by atoms with Crippen molar-refractivity contribution in [2.45, 2.75) is 13.8 Å². The smallest absolute Gasteiger partial charge is 0.173 e. The zero-order valence-corrected chi connectivity index (χ0v) is 19.0. The predicted octanol–water partition coefficient (Wildman–Crippen LogP) is 4.20. The maximum Gasteiger partial charge on any atom is 0.173 e. The molecule has 0 aromatic heterocycles. The Morgan fingerprint density at radius 1 is 0.733 bits per heavy atom. The van der Waals surface area contributed by atoms with Crippen LogP contribution in [0.2, 0.25) is 0 Å². The minimum Gasteiger partial charge on any atom is -0.492 e. The molecule has 0 radical (unpaired) electrons. The number of hydrogen-bond acceptors (Lipinski definition) is 4. The van der Waals surface area contributed by atoms with Crippen LogP contribution < -0.4 is 20.1 Å². The van der Waals surface area contributed by atoms with Gasteiger partial charge >= 0.3 is 0 Å². The highest BCUT2D eigenvalue weighted by Crippen LogP contribution is 2.25. The lowest BCUT2D eigenvalue weighted by molar-refractivity contribution is 0.264. The average molecular weight is 445 g/mol. The highest BCUT2D eigenvalue weighted by molar-refractivity contribution is 7.80. The minimum atomic E-state index is 0.612. The van der Waals surface area contributed by atoms with Gasteiger partial charge in [0.05, 0.1) is 24.6 Å². The monoisotopic (exact) mass is 444 g/mol. The van der Waals surface area contributed by atoms with E-state index in [2.05, 4.69) is 20.4 Å². The summed E-state index contributed by atoms with van der Waals surface area (Å²) in [6.45, 7) is 8.32. The topological polar surface area (TPSA) is 49.0 Å². The molecule has 3 rings (SSSR count). The van der Waals surface area contributed by atoms with Gasteiger partial charge in [-0.1, -0.05) is 24.3 Å². The lowest BCUT2D eigenvalue weighted by Gasteiger charge is -2.37. The second kappa shape index (κ2) is 11.0. The van der Waals surface area contributed by atoms with Crippen LogP contribution in [0.3, 0.4) is 0 Å². The third-order valence-corrected chi connectivity index (χ3v) is 5.43. The van der Waals surface area contributed by atoms with Crippen molar-refractivity contribution in [1.82, 2.24) is 9.80 Å². The Labute approximate surface area is 189 Å². The second-order valence-corrected chi connectivity index (χ2v) is 7.47. The van der Waals surface area contributed by atoms with Crippen molar-refractivity contribution in [3.05, 3.63) is 48.5 Å². The molecule has 2 aromatic rings. The van der Waals surface area contributed by atoms with E-state index < -0.39 is 0 Å². The van der Waals surface area contributed by atoms with Crippen molar-refractivity contribution in [3.8, 4) is 11.5 Å². The zero-order chi connectivity index (χ0) is 21.3. The first-order chi connectivity index (χ1) is 14.6. The van der Waals surface area contributed by atoms with Crippen LogP contribution in [0.15, 0.2) is 48.5 Å². The van der Waals surface area contributed by atoms with Crippen LogP contribution in [0.1, 0.15) is 13.8 Å². The van der Waals surface area contributed by atoms with E-state index in [1.807, 2.05) is 62.4 Å². The third-order valence-electron chi connectivity index (χ3n) is 4.71. The molecule has 1 fully saturated rings. The van der Waals surface area contributed by atoms with E-state index in [0.717, 1.165) is 49.1 Å². The van der Waals surface area contributed by atoms with Gasteiger partial charge in [-0.05, 0) is 62.5 Å². The maximum absolute atomic E-state index is 5.67. The van der Waals surface area contributed by atoms with Crippen molar-refractivity contribution < 1.29 is 9.47 Å². The molecular formula is C22H28N4O2S2. The quantitative estimate of drug-likeness (QED) is 0.643. The van der Waals surface area contributed by atoms with Gasteiger partial charge < -0.3 is 29.9 Å². The van der Waals surface area contributed by atoms with Crippen LogP contribution in [0.5, 0.6) is 11.5 Å². The SMILES string of the molecule is CCOc1ccccc1NC(=S)N1CCN(C(=S)Nc2ccccc2OCC)CC1. The molecular weight excluding hydrogens is 416 g/mol. The highest BCUT2D eigenvalue weighted by Gasteiger charge is 2.21. The van der Waals surface area contributed by atoms with Gasteiger partial charge in [0.15, 0.2) is 10.2 Å². The third kappa shape index (κ3) is 5.73. The maximum atomic E-state index is 5.67. The lowest BCUT2D eigenvalue weighted by atomic mass is 10.3. The fourth-order valence-electron chi connectivity index (χ4n) is 3.20. The van der Waals surface area contributed by atoms with E-state index in [-0.39, 0.29) is 0 Å². The van der Waals surface area contributed by atoms with E-state index in [4.69, 9.17) is 33.9 Å². The summed E-state index contributed by atoms with van der Waals surface area (Å²) in [5, 5.41) is 8.03. The molecule has 1 aliphatic heterocycles. The summed E-state index contributed by atoms with van der Waals surface area (Å²) in [5.74, 6) is 1.61. The first-order valence-corrected chi connectivity index (χ1v) is 11.0. The van der Waals surface area contributed by atoms with Gasteiger partial charge in [-0.25, -0.2) is 0 Å². The summed E-state index contributed by atoms with van der Waals surface area (Å²) in [4.78, 5) is 4.32. The van der Waals surface area contributed by atoms with Gasteiger partial charge in [0, 0.05) is 26.2 Å². The Bertz CT molecular complexity index is 798. The second-order valence-electron chi connectivity index (χ2n) is 6.69. The number of benzene rings is 2. The summed E-state index contributed by atoms with van der Waals surface area (Å²) >= 11 is 11.3. The van der Waals surface area contributed by atoms with Crippen LogP contribution in [0.4, 0.5) is 11.4 Å². The lowest BCUT2D eigenvalue weighted by Crippen LogP contribution is -2.52. The number of rotatable bonds is 6. The molecule has 1 heterocycles. The van der Waals surface area contributed by atoms with Gasteiger partial charge in [-0.2, -0.15) is 0 Å². The average Bonchev–Trinajstić information content (AvgIpc) is 2.77. The molecule has 30 heavy (non-hydrogen) atoms. The molecule has 0 atom stereocenters. The normalized spacial score (nSPS) is 13.5. The number of nitrogens with one attached hydrogen (secondary N) is 2. The Hall–Kier alpha value is -2.58. The molecule has 0 bridgehead atoms. The Balaban J connectivity index is 1.53. The van der Waals surface area contributed by atoms with E-state index >= 15 is 0 Å². The Kier molecular flexibility index (Phi) is 8.10. The van der Waals surface area contributed by atoms with Crippen LogP contribution in [0.25, 0.3) is 0 Å². The number of thiocarbonyl (C=S) groups is 2. The first-order valence-electron chi connectivity index (χ1n) is 10.2. The molecule has 0 amide bonds. The Morgan fingerprint density at radius 3 is 1.47 bits per heavy atom. The van der Waals surface area contributed by atoms with Crippen LogP contribution >= 0.6 is 24.4 Å². The van der Waals surface area contributed by atoms with Crippen molar-refractivity contribution in [1.29, 1.82) is 0 Å². The number of piperazine rings is 1. The highest BCUT2D eigenvalue weighted by atomic mass is 32.1. The summed E-state index contributed by atoms with van der Waals surface area (Å²) in [6.07, 6.45) is 0. The molecule has 0 unspecified atom stereocenters. The number of para-hydroxylation sites is 4. The van der Waals surface area contributed by atoms with Crippen LogP contribution in [-0.4, -0.2) is 59.4 Å². The van der Waals surface area contributed by atoms with Gasteiger partial charge in [0.25, 0.3) is 0 Å².